The Kier molecular flexibility index (Phi) is 5.79. The van der Waals surface area contributed by atoms with Crippen LogP contribution in [0.3, 0.4) is 0 Å². The first-order valence-corrected chi connectivity index (χ1v) is 10.0. The zero-order valence-corrected chi connectivity index (χ0v) is 17.1. The maximum atomic E-state index is 13.1. The van der Waals surface area contributed by atoms with Gasteiger partial charge < -0.3 is 4.90 Å². The fourth-order valence-electron chi connectivity index (χ4n) is 3.28. The SMILES string of the molecule is O=C(c1ccccc1)N1CCN=C(C=Cc2ccc(Cl)c(Cl)c2)c2ccccc21. The van der Waals surface area contributed by atoms with E-state index in [-0.39, 0.29) is 5.91 Å². The van der Waals surface area contributed by atoms with Crippen LogP contribution in [0.4, 0.5) is 5.69 Å². The predicted octanol–water partition coefficient (Wildman–Crippen LogP) is 6.16. The molecule has 4 rings (SSSR count). The van der Waals surface area contributed by atoms with E-state index in [4.69, 9.17) is 28.2 Å². The third-order valence-electron chi connectivity index (χ3n) is 4.72. The number of para-hydroxylation sites is 1. The van der Waals surface area contributed by atoms with Gasteiger partial charge in [-0.1, -0.05) is 71.7 Å². The molecule has 144 valence electrons. The summed E-state index contributed by atoms with van der Waals surface area (Å²) < 4.78 is 0. The van der Waals surface area contributed by atoms with Crippen LogP contribution in [-0.2, 0) is 0 Å². The predicted molar refractivity (Wildman–Crippen MR) is 121 cm³/mol. The summed E-state index contributed by atoms with van der Waals surface area (Å²) in [6.45, 7) is 1.04. The minimum atomic E-state index is -0.0250. The maximum Gasteiger partial charge on any atom is 0.258 e. The Hall–Kier alpha value is -2.88. The van der Waals surface area contributed by atoms with E-state index in [9.17, 15) is 4.79 Å². The Balaban J connectivity index is 1.67. The highest BCUT2D eigenvalue weighted by atomic mass is 35.5. The molecular formula is C24H18Cl2N2O. The number of hydrogen-bond donors (Lipinski definition) is 0. The monoisotopic (exact) mass is 420 g/mol. The lowest BCUT2D eigenvalue weighted by Gasteiger charge is -2.22. The van der Waals surface area contributed by atoms with Crippen LogP contribution < -0.4 is 4.90 Å². The number of carbonyl (C=O) groups is 1. The molecule has 0 saturated carbocycles. The molecule has 3 nitrogen and oxygen atoms in total. The van der Waals surface area contributed by atoms with Gasteiger partial charge >= 0.3 is 0 Å². The van der Waals surface area contributed by atoms with Crippen LogP contribution in [0.25, 0.3) is 6.08 Å². The van der Waals surface area contributed by atoms with Gasteiger partial charge in [0, 0.05) is 17.7 Å². The number of hydrogen-bond acceptors (Lipinski definition) is 2. The number of aliphatic imine (C=N–C) groups is 1. The van der Waals surface area contributed by atoms with E-state index < -0.39 is 0 Å². The average molecular weight is 421 g/mol. The number of nitrogens with zero attached hydrogens (tertiary/aromatic N) is 2. The number of allylic oxidation sites excluding steroid dienone is 1. The molecule has 1 heterocycles. The van der Waals surface area contributed by atoms with Gasteiger partial charge in [0.15, 0.2) is 0 Å². The van der Waals surface area contributed by atoms with Gasteiger partial charge in [0.1, 0.15) is 0 Å². The minimum absolute atomic E-state index is 0.0250. The van der Waals surface area contributed by atoms with Crippen molar-refractivity contribution in [2.75, 3.05) is 18.0 Å². The van der Waals surface area contributed by atoms with E-state index in [1.54, 1.807) is 11.0 Å². The zero-order chi connectivity index (χ0) is 20.2. The van der Waals surface area contributed by atoms with Crippen LogP contribution in [0.15, 0.2) is 83.9 Å². The summed E-state index contributed by atoms with van der Waals surface area (Å²) in [5.74, 6) is -0.0250. The smallest absolute Gasteiger partial charge is 0.258 e. The Morgan fingerprint density at radius 1 is 0.897 bits per heavy atom. The summed E-state index contributed by atoms with van der Waals surface area (Å²) in [5.41, 5.74) is 4.20. The molecule has 0 fully saturated rings. The highest BCUT2D eigenvalue weighted by Crippen LogP contribution is 2.27. The van der Waals surface area contributed by atoms with Crippen molar-refractivity contribution in [3.63, 3.8) is 0 Å². The third kappa shape index (κ3) is 4.26. The van der Waals surface area contributed by atoms with Gasteiger partial charge in [-0.3, -0.25) is 9.79 Å². The van der Waals surface area contributed by atoms with E-state index in [0.29, 0.717) is 28.7 Å². The Morgan fingerprint density at radius 2 is 1.66 bits per heavy atom. The summed E-state index contributed by atoms with van der Waals surface area (Å²) in [5, 5.41) is 1.03. The van der Waals surface area contributed by atoms with Crippen LogP contribution in [0.2, 0.25) is 10.0 Å². The molecule has 0 spiro atoms. The molecule has 0 N–H and O–H groups in total. The maximum absolute atomic E-state index is 13.1. The van der Waals surface area contributed by atoms with Crippen LogP contribution >= 0.6 is 23.2 Å². The van der Waals surface area contributed by atoms with Gasteiger partial charge in [0.05, 0.1) is 28.0 Å². The van der Waals surface area contributed by atoms with Crippen molar-refractivity contribution >= 4 is 46.6 Å². The van der Waals surface area contributed by atoms with E-state index in [0.717, 1.165) is 22.5 Å². The lowest BCUT2D eigenvalue weighted by Crippen LogP contribution is -2.33. The van der Waals surface area contributed by atoms with Crippen molar-refractivity contribution in [2.45, 2.75) is 0 Å². The molecule has 1 amide bonds. The zero-order valence-electron chi connectivity index (χ0n) is 15.6. The summed E-state index contributed by atoms with van der Waals surface area (Å²) >= 11 is 12.1. The lowest BCUT2D eigenvalue weighted by atomic mass is 10.0. The van der Waals surface area contributed by atoms with Gasteiger partial charge in [-0.05, 0) is 42.0 Å². The fourth-order valence-corrected chi connectivity index (χ4v) is 3.59. The number of rotatable bonds is 3. The van der Waals surface area contributed by atoms with Gasteiger partial charge in [-0.2, -0.15) is 0 Å². The highest BCUT2D eigenvalue weighted by molar-refractivity contribution is 6.42. The van der Waals surface area contributed by atoms with E-state index in [1.807, 2.05) is 78.9 Å². The topological polar surface area (TPSA) is 32.7 Å². The Bertz CT molecular complexity index is 1110. The number of halogens is 2. The summed E-state index contributed by atoms with van der Waals surface area (Å²) in [7, 11) is 0. The largest absolute Gasteiger partial charge is 0.306 e. The van der Waals surface area contributed by atoms with Crippen LogP contribution in [0.1, 0.15) is 21.5 Å². The Labute approximate surface area is 179 Å². The second-order valence-corrected chi connectivity index (χ2v) is 7.43. The molecule has 29 heavy (non-hydrogen) atoms. The van der Waals surface area contributed by atoms with Gasteiger partial charge in [-0.25, -0.2) is 0 Å². The number of amides is 1. The van der Waals surface area contributed by atoms with Gasteiger partial charge in [0.25, 0.3) is 5.91 Å². The van der Waals surface area contributed by atoms with Crippen molar-refractivity contribution in [1.29, 1.82) is 0 Å². The summed E-state index contributed by atoms with van der Waals surface area (Å²) in [6.07, 6.45) is 3.90. The van der Waals surface area contributed by atoms with Crippen LogP contribution in [-0.4, -0.2) is 24.7 Å². The van der Waals surface area contributed by atoms with Crippen molar-refractivity contribution in [3.8, 4) is 0 Å². The molecule has 0 aliphatic carbocycles. The van der Waals surface area contributed by atoms with Crippen molar-refractivity contribution in [3.05, 3.63) is 106 Å². The molecular weight excluding hydrogens is 403 g/mol. The molecule has 0 unspecified atom stereocenters. The molecule has 3 aromatic carbocycles. The first kappa shape index (κ1) is 19.4. The standard InChI is InChI=1S/C24H18Cl2N2O/c25-20-12-10-17(16-21(20)26)11-13-22-19-8-4-5-9-23(19)28(15-14-27-22)24(29)18-6-2-1-3-7-18/h1-13,16H,14-15H2. The normalized spacial score (nSPS) is 13.7. The molecule has 0 aromatic heterocycles. The number of carbonyl (C=O) groups excluding carboxylic acids is 1. The molecule has 0 atom stereocenters. The fraction of sp³-hybridized carbons (Fsp3) is 0.0833. The third-order valence-corrected chi connectivity index (χ3v) is 5.46. The quantitative estimate of drug-likeness (QED) is 0.499. The number of benzodiazepines with no additional fused rings is 1. The average Bonchev–Trinajstić information content (AvgIpc) is 2.94. The summed E-state index contributed by atoms with van der Waals surface area (Å²) in [6, 6.07) is 22.7. The van der Waals surface area contributed by atoms with E-state index in [2.05, 4.69) is 0 Å². The molecule has 1 aliphatic rings. The molecule has 5 heteroatoms. The first-order chi connectivity index (χ1) is 14.1. The van der Waals surface area contributed by atoms with Crippen molar-refractivity contribution < 1.29 is 4.79 Å². The number of anilines is 1. The van der Waals surface area contributed by atoms with Gasteiger partial charge in [-0.15, -0.1) is 0 Å². The van der Waals surface area contributed by atoms with Gasteiger partial charge in [0.2, 0.25) is 0 Å². The van der Waals surface area contributed by atoms with Crippen LogP contribution in [0, 0.1) is 0 Å². The first-order valence-electron chi connectivity index (χ1n) is 9.27. The lowest BCUT2D eigenvalue weighted by molar-refractivity contribution is 0.0988. The second-order valence-electron chi connectivity index (χ2n) is 6.61. The summed E-state index contributed by atoms with van der Waals surface area (Å²) in [4.78, 5) is 19.6. The van der Waals surface area contributed by atoms with Crippen molar-refractivity contribution in [2.24, 2.45) is 4.99 Å². The number of benzene rings is 3. The minimum Gasteiger partial charge on any atom is -0.306 e. The molecule has 0 bridgehead atoms. The molecule has 0 saturated heterocycles. The Morgan fingerprint density at radius 3 is 2.45 bits per heavy atom. The van der Waals surface area contributed by atoms with Crippen LogP contribution in [0.5, 0.6) is 0 Å². The molecule has 0 radical (unpaired) electrons. The number of fused-ring (bicyclic) bond motifs is 1. The van der Waals surface area contributed by atoms with Crippen molar-refractivity contribution in [1.82, 2.24) is 0 Å². The second kappa shape index (κ2) is 8.64. The molecule has 1 aliphatic heterocycles. The highest BCUT2D eigenvalue weighted by Gasteiger charge is 2.23. The van der Waals surface area contributed by atoms with E-state index in [1.165, 1.54) is 0 Å². The van der Waals surface area contributed by atoms with E-state index >= 15 is 0 Å². The molecule has 3 aromatic rings.